The van der Waals surface area contributed by atoms with Gasteiger partial charge >= 0.3 is 0 Å². The van der Waals surface area contributed by atoms with Gasteiger partial charge in [0.05, 0.1) is 6.33 Å². The fourth-order valence-corrected chi connectivity index (χ4v) is 3.43. The monoisotopic (exact) mass is 291 g/mol. The van der Waals surface area contributed by atoms with Crippen LogP contribution in [0.4, 0.5) is 0 Å². The Kier molecular flexibility index (Phi) is 5.43. The molecular weight excluding hydrogens is 262 g/mol. The summed E-state index contributed by atoms with van der Waals surface area (Å²) in [5.41, 5.74) is 0. The summed E-state index contributed by atoms with van der Waals surface area (Å²) >= 11 is 0. The third-order valence-electron chi connectivity index (χ3n) is 4.48. The van der Waals surface area contributed by atoms with Crippen LogP contribution in [0.3, 0.4) is 0 Å². The topological polar surface area (TPSA) is 38.1 Å². The van der Waals surface area contributed by atoms with Gasteiger partial charge in [-0.3, -0.25) is 4.79 Å². The van der Waals surface area contributed by atoms with Crippen LogP contribution in [0.1, 0.15) is 59.4 Å². The third kappa shape index (κ3) is 4.08. The summed E-state index contributed by atoms with van der Waals surface area (Å²) in [5.74, 6) is 1.47. The highest BCUT2D eigenvalue weighted by molar-refractivity contribution is 5.78. The minimum Gasteiger partial charge on any atom is -0.339 e. The Morgan fingerprint density at radius 3 is 2.48 bits per heavy atom. The van der Waals surface area contributed by atoms with Crippen LogP contribution in [0.25, 0.3) is 0 Å². The number of rotatable bonds is 7. The quantitative estimate of drug-likeness (QED) is 0.771. The number of imidazole rings is 1. The molecule has 1 amide bonds. The van der Waals surface area contributed by atoms with Crippen LogP contribution in [-0.4, -0.2) is 32.9 Å². The molecule has 2 atom stereocenters. The summed E-state index contributed by atoms with van der Waals surface area (Å²) in [6.07, 6.45) is 9.70. The number of carbonyl (C=O) groups is 1. The molecule has 4 heteroatoms. The van der Waals surface area contributed by atoms with Crippen molar-refractivity contribution in [1.29, 1.82) is 0 Å². The van der Waals surface area contributed by atoms with Gasteiger partial charge in [-0.15, -0.1) is 0 Å². The molecule has 2 rings (SSSR count). The molecule has 118 valence electrons. The Hall–Kier alpha value is -1.32. The molecule has 2 heterocycles. The Morgan fingerprint density at radius 1 is 1.24 bits per heavy atom. The van der Waals surface area contributed by atoms with Gasteiger partial charge < -0.3 is 9.47 Å². The molecule has 1 saturated heterocycles. The highest BCUT2D eigenvalue weighted by Crippen LogP contribution is 2.30. The number of hydrogen-bond acceptors (Lipinski definition) is 2. The van der Waals surface area contributed by atoms with Crippen molar-refractivity contribution in [1.82, 2.24) is 14.5 Å². The average Bonchev–Trinajstić information content (AvgIpc) is 3.05. The fourth-order valence-electron chi connectivity index (χ4n) is 3.43. The number of hydrogen-bond donors (Lipinski definition) is 0. The van der Waals surface area contributed by atoms with Gasteiger partial charge in [0.1, 0.15) is 0 Å². The Bertz CT molecular complexity index is 439. The van der Waals surface area contributed by atoms with E-state index in [9.17, 15) is 4.79 Å². The second-order valence-corrected chi connectivity index (χ2v) is 7.03. The molecule has 0 aromatic carbocycles. The maximum atomic E-state index is 12.1. The number of likely N-dealkylation sites (tertiary alicyclic amines) is 1. The zero-order valence-electron chi connectivity index (χ0n) is 13.8. The molecule has 21 heavy (non-hydrogen) atoms. The smallest absolute Gasteiger partial charge is 0.222 e. The molecule has 0 aliphatic carbocycles. The molecule has 0 saturated carbocycles. The molecule has 1 aliphatic rings. The molecular formula is C17H29N3O. The standard InChI is InChI=1S/C17H29N3O/c1-13(2)10-15(19-9-7-18-12-19)11-16(14(3)4)20-8-5-6-17(20)21/h7,9,12-16H,5-6,8,10-11H2,1-4H3. The lowest BCUT2D eigenvalue weighted by Crippen LogP contribution is -2.41. The second kappa shape index (κ2) is 7.10. The van der Waals surface area contributed by atoms with Crippen LogP contribution < -0.4 is 0 Å². The van der Waals surface area contributed by atoms with Gasteiger partial charge in [-0.05, 0) is 31.1 Å². The summed E-state index contributed by atoms with van der Waals surface area (Å²) in [6, 6.07) is 0.763. The van der Waals surface area contributed by atoms with Gasteiger partial charge in [0, 0.05) is 37.4 Å². The highest BCUT2D eigenvalue weighted by atomic mass is 16.2. The predicted molar refractivity (Wildman–Crippen MR) is 84.9 cm³/mol. The van der Waals surface area contributed by atoms with E-state index in [1.807, 2.05) is 12.5 Å². The van der Waals surface area contributed by atoms with Gasteiger partial charge in [0.2, 0.25) is 5.91 Å². The molecule has 1 aliphatic heterocycles. The fraction of sp³-hybridized carbons (Fsp3) is 0.765. The van der Waals surface area contributed by atoms with Crippen molar-refractivity contribution in [2.24, 2.45) is 11.8 Å². The largest absolute Gasteiger partial charge is 0.339 e. The molecule has 1 aromatic rings. The zero-order valence-corrected chi connectivity index (χ0v) is 13.8. The van der Waals surface area contributed by atoms with E-state index in [4.69, 9.17) is 0 Å². The number of carbonyl (C=O) groups excluding carboxylic acids is 1. The minimum absolute atomic E-state index is 0.336. The van der Waals surface area contributed by atoms with Crippen LogP contribution in [0.2, 0.25) is 0 Å². The lowest BCUT2D eigenvalue weighted by atomic mass is 9.91. The van der Waals surface area contributed by atoms with Crippen LogP contribution in [0, 0.1) is 11.8 Å². The van der Waals surface area contributed by atoms with Crippen LogP contribution >= 0.6 is 0 Å². The van der Waals surface area contributed by atoms with Gasteiger partial charge in [0.25, 0.3) is 0 Å². The molecule has 2 unspecified atom stereocenters. The number of amides is 1. The van der Waals surface area contributed by atoms with Gasteiger partial charge in [-0.25, -0.2) is 4.98 Å². The van der Waals surface area contributed by atoms with Crippen LogP contribution in [-0.2, 0) is 4.79 Å². The minimum atomic E-state index is 0.336. The average molecular weight is 291 g/mol. The highest BCUT2D eigenvalue weighted by Gasteiger charge is 2.32. The Labute approximate surface area is 128 Å². The maximum absolute atomic E-state index is 12.1. The van der Waals surface area contributed by atoms with Crippen molar-refractivity contribution < 1.29 is 4.79 Å². The molecule has 4 nitrogen and oxygen atoms in total. The van der Waals surface area contributed by atoms with E-state index in [-0.39, 0.29) is 0 Å². The molecule has 0 spiro atoms. The molecule has 0 radical (unpaired) electrons. The molecule has 1 fully saturated rings. The van der Waals surface area contributed by atoms with E-state index in [1.165, 1.54) is 0 Å². The van der Waals surface area contributed by atoms with E-state index >= 15 is 0 Å². The van der Waals surface area contributed by atoms with Crippen molar-refractivity contribution in [3.63, 3.8) is 0 Å². The Balaban J connectivity index is 2.13. The summed E-state index contributed by atoms with van der Waals surface area (Å²) in [5, 5.41) is 0. The summed E-state index contributed by atoms with van der Waals surface area (Å²) < 4.78 is 2.22. The first-order valence-electron chi connectivity index (χ1n) is 8.26. The normalized spacial score (nSPS) is 18.8. The lowest BCUT2D eigenvalue weighted by Gasteiger charge is -2.35. The zero-order chi connectivity index (χ0) is 15.4. The predicted octanol–water partition coefficient (Wildman–Crippen LogP) is 3.51. The molecule has 0 N–H and O–H groups in total. The number of aromatic nitrogens is 2. The van der Waals surface area contributed by atoms with E-state index in [1.54, 1.807) is 0 Å². The van der Waals surface area contributed by atoms with Crippen molar-refractivity contribution in [2.45, 2.75) is 65.5 Å². The molecule has 0 bridgehead atoms. The first kappa shape index (κ1) is 16.1. The van der Waals surface area contributed by atoms with Crippen LogP contribution in [0.15, 0.2) is 18.7 Å². The SMILES string of the molecule is CC(C)CC(CC(C(C)C)N1CCCC1=O)n1ccnc1. The Morgan fingerprint density at radius 2 is 2.00 bits per heavy atom. The van der Waals surface area contributed by atoms with E-state index < -0.39 is 0 Å². The number of nitrogens with zero attached hydrogens (tertiary/aromatic N) is 3. The summed E-state index contributed by atoms with van der Waals surface area (Å²) in [4.78, 5) is 18.4. The van der Waals surface area contributed by atoms with Crippen molar-refractivity contribution in [2.75, 3.05) is 6.54 Å². The van der Waals surface area contributed by atoms with Crippen LogP contribution in [0.5, 0.6) is 0 Å². The van der Waals surface area contributed by atoms with E-state index in [0.717, 1.165) is 32.2 Å². The van der Waals surface area contributed by atoms with Crippen molar-refractivity contribution in [3.05, 3.63) is 18.7 Å². The summed E-state index contributed by atoms with van der Waals surface area (Å²) in [6.45, 7) is 9.91. The van der Waals surface area contributed by atoms with Crippen molar-refractivity contribution in [3.8, 4) is 0 Å². The third-order valence-corrected chi connectivity index (χ3v) is 4.48. The first-order valence-corrected chi connectivity index (χ1v) is 8.26. The van der Waals surface area contributed by atoms with E-state index in [2.05, 4.69) is 48.3 Å². The lowest BCUT2D eigenvalue weighted by molar-refractivity contribution is -0.130. The van der Waals surface area contributed by atoms with Crippen molar-refractivity contribution >= 4 is 5.91 Å². The second-order valence-electron chi connectivity index (χ2n) is 7.03. The summed E-state index contributed by atoms with van der Waals surface area (Å²) in [7, 11) is 0. The van der Waals surface area contributed by atoms with E-state index in [0.29, 0.717) is 29.8 Å². The van der Waals surface area contributed by atoms with Gasteiger partial charge in [-0.1, -0.05) is 27.7 Å². The van der Waals surface area contributed by atoms with Gasteiger partial charge in [-0.2, -0.15) is 0 Å². The molecule has 1 aromatic heterocycles. The van der Waals surface area contributed by atoms with Gasteiger partial charge in [0.15, 0.2) is 0 Å². The first-order chi connectivity index (χ1) is 9.99. The maximum Gasteiger partial charge on any atom is 0.222 e.